The number of carbonyl (C=O) groups excluding carboxylic acids is 1. The first kappa shape index (κ1) is 22.1. The third-order valence-electron chi connectivity index (χ3n) is 4.99. The van der Waals surface area contributed by atoms with E-state index in [1.807, 2.05) is 26.0 Å². The molecule has 9 heteroatoms. The maximum atomic E-state index is 12.3. The summed E-state index contributed by atoms with van der Waals surface area (Å²) in [5.41, 5.74) is 2.28. The maximum absolute atomic E-state index is 12.3. The Morgan fingerprint density at radius 2 is 1.76 bits per heavy atom. The van der Waals surface area contributed by atoms with E-state index in [2.05, 4.69) is 20.4 Å². The van der Waals surface area contributed by atoms with Crippen LogP contribution in [0.5, 0.6) is 23.1 Å². The Morgan fingerprint density at radius 1 is 1.03 bits per heavy atom. The highest BCUT2D eigenvalue weighted by atomic mass is 16.5. The Bertz CT molecular complexity index is 1270. The van der Waals surface area contributed by atoms with Crippen molar-refractivity contribution in [3.63, 3.8) is 0 Å². The lowest BCUT2D eigenvalue weighted by molar-refractivity contribution is -0.115. The number of carbonyl (C=O) groups is 1. The number of amides is 1. The number of hydrogen-bond donors (Lipinski definition) is 1. The van der Waals surface area contributed by atoms with Crippen LogP contribution in [0, 0.1) is 0 Å². The van der Waals surface area contributed by atoms with Crippen molar-refractivity contribution in [2.75, 3.05) is 19.5 Å². The van der Waals surface area contributed by atoms with Crippen LogP contribution in [0.4, 0.5) is 5.88 Å². The Labute approximate surface area is 190 Å². The molecular weight excluding hydrogens is 424 g/mol. The second kappa shape index (κ2) is 9.56. The van der Waals surface area contributed by atoms with Gasteiger partial charge in [-0.1, -0.05) is 31.1 Å². The second-order valence-corrected chi connectivity index (χ2v) is 7.64. The van der Waals surface area contributed by atoms with Gasteiger partial charge < -0.3 is 18.7 Å². The number of nitrogens with one attached hydrogen (secondary N) is 1. The summed E-state index contributed by atoms with van der Waals surface area (Å²) in [5.74, 6) is 2.45. The summed E-state index contributed by atoms with van der Waals surface area (Å²) in [6, 6.07) is 12.5. The highest BCUT2D eigenvalue weighted by Gasteiger charge is 2.14. The molecule has 170 valence electrons. The first-order chi connectivity index (χ1) is 16.0. The molecule has 4 aromatic rings. The van der Waals surface area contributed by atoms with Crippen LogP contribution >= 0.6 is 0 Å². The van der Waals surface area contributed by atoms with Crippen LogP contribution < -0.4 is 19.5 Å². The molecule has 2 aromatic heterocycles. The Kier molecular flexibility index (Phi) is 6.39. The summed E-state index contributed by atoms with van der Waals surface area (Å²) in [4.78, 5) is 20.9. The van der Waals surface area contributed by atoms with Crippen molar-refractivity contribution < 1.29 is 23.5 Å². The molecule has 0 atom stereocenters. The molecular formula is C24H24N4O5. The Balaban J connectivity index is 1.45. The Hall–Kier alpha value is -4.14. The van der Waals surface area contributed by atoms with E-state index in [4.69, 9.17) is 18.7 Å². The Morgan fingerprint density at radius 3 is 2.42 bits per heavy atom. The van der Waals surface area contributed by atoms with Gasteiger partial charge >= 0.3 is 0 Å². The van der Waals surface area contributed by atoms with E-state index < -0.39 is 0 Å². The van der Waals surface area contributed by atoms with Gasteiger partial charge in [-0.2, -0.15) is 0 Å². The van der Waals surface area contributed by atoms with Gasteiger partial charge in [0.2, 0.25) is 17.7 Å². The number of benzene rings is 2. The average Bonchev–Trinajstić information content (AvgIpc) is 3.28. The van der Waals surface area contributed by atoms with Crippen LogP contribution in [-0.4, -0.2) is 35.3 Å². The number of aromatic nitrogens is 3. The van der Waals surface area contributed by atoms with Gasteiger partial charge in [0, 0.05) is 12.1 Å². The molecule has 2 heterocycles. The largest absolute Gasteiger partial charge is 0.493 e. The monoisotopic (exact) mass is 448 g/mol. The fourth-order valence-corrected chi connectivity index (χ4v) is 3.21. The van der Waals surface area contributed by atoms with E-state index in [9.17, 15) is 4.79 Å². The molecule has 1 N–H and O–H groups in total. The van der Waals surface area contributed by atoms with Gasteiger partial charge in [-0.05, 0) is 29.7 Å². The molecule has 0 bridgehead atoms. The molecule has 1 amide bonds. The van der Waals surface area contributed by atoms with Gasteiger partial charge in [0.05, 0.1) is 37.2 Å². The topological polar surface area (TPSA) is 109 Å². The number of fused-ring (bicyclic) bond motifs is 1. The fourth-order valence-electron chi connectivity index (χ4n) is 3.21. The molecule has 0 spiro atoms. The van der Waals surface area contributed by atoms with E-state index in [0.717, 1.165) is 11.3 Å². The van der Waals surface area contributed by atoms with Crippen LogP contribution in [0.15, 0.2) is 53.3 Å². The first-order valence-electron chi connectivity index (χ1n) is 10.4. The van der Waals surface area contributed by atoms with Crippen LogP contribution in [0.1, 0.15) is 31.0 Å². The number of ether oxygens (including phenoxy) is 3. The zero-order valence-corrected chi connectivity index (χ0v) is 18.8. The van der Waals surface area contributed by atoms with Gasteiger partial charge in [-0.15, -0.1) is 0 Å². The second-order valence-electron chi connectivity index (χ2n) is 7.64. The molecule has 0 unspecified atom stereocenters. The van der Waals surface area contributed by atoms with Gasteiger partial charge in [0.1, 0.15) is 12.1 Å². The van der Waals surface area contributed by atoms with E-state index in [0.29, 0.717) is 39.9 Å². The SMILES string of the molecule is COc1cc2ncnc(Oc3ccc(CC(=O)Nc4cc(C(C)C)no4)cc3)c2cc1OC. The number of rotatable bonds is 8. The summed E-state index contributed by atoms with van der Waals surface area (Å²) >= 11 is 0. The molecule has 0 radical (unpaired) electrons. The molecule has 0 saturated heterocycles. The quantitative estimate of drug-likeness (QED) is 0.412. The number of anilines is 1. The zero-order chi connectivity index (χ0) is 23.4. The molecule has 0 aliphatic rings. The minimum absolute atomic E-state index is 0.186. The van der Waals surface area contributed by atoms with Crippen molar-refractivity contribution in [1.29, 1.82) is 0 Å². The number of methoxy groups -OCH3 is 2. The minimum atomic E-state index is -0.196. The molecule has 0 saturated carbocycles. The number of hydrogen-bond acceptors (Lipinski definition) is 8. The van der Waals surface area contributed by atoms with E-state index in [-0.39, 0.29) is 18.2 Å². The van der Waals surface area contributed by atoms with Crippen molar-refractivity contribution in [2.45, 2.75) is 26.2 Å². The fraction of sp³-hybridized carbons (Fsp3) is 0.250. The lowest BCUT2D eigenvalue weighted by Gasteiger charge is -2.11. The maximum Gasteiger partial charge on any atom is 0.231 e. The molecule has 0 aliphatic carbocycles. The van der Waals surface area contributed by atoms with Crippen LogP contribution in [0.25, 0.3) is 10.9 Å². The lowest BCUT2D eigenvalue weighted by atomic mass is 10.1. The minimum Gasteiger partial charge on any atom is -0.493 e. The lowest BCUT2D eigenvalue weighted by Crippen LogP contribution is -2.13. The van der Waals surface area contributed by atoms with Gasteiger partial charge in [0.25, 0.3) is 0 Å². The van der Waals surface area contributed by atoms with E-state index >= 15 is 0 Å². The zero-order valence-electron chi connectivity index (χ0n) is 18.8. The van der Waals surface area contributed by atoms with Gasteiger partial charge in [-0.25, -0.2) is 9.97 Å². The predicted octanol–water partition coefficient (Wildman–Crippen LogP) is 4.73. The summed E-state index contributed by atoms with van der Waals surface area (Å²) in [5, 5.41) is 7.35. The molecule has 4 rings (SSSR count). The van der Waals surface area contributed by atoms with Crippen molar-refractivity contribution in [1.82, 2.24) is 15.1 Å². The predicted molar refractivity (Wildman–Crippen MR) is 122 cm³/mol. The normalized spacial score (nSPS) is 10.9. The third-order valence-corrected chi connectivity index (χ3v) is 4.99. The van der Waals surface area contributed by atoms with Crippen molar-refractivity contribution in [3.8, 4) is 23.1 Å². The van der Waals surface area contributed by atoms with Crippen LogP contribution in [0.2, 0.25) is 0 Å². The van der Waals surface area contributed by atoms with Crippen molar-refractivity contribution >= 4 is 22.7 Å². The van der Waals surface area contributed by atoms with E-state index in [1.54, 1.807) is 44.6 Å². The van der Waals surface area contributed by atoms with E-state index in [1.165, 1.54) is 6.33 Å². The average molecular weight is 448 g/mol. The highest BCUT2D eigenvalue weighted by Crippen LogP contribution is 2.35. The molecule has 9 nitrogen and oxygen atoms in total. The standard InChI is InChI=1S/C24H24N4O5/c1-14(2)18-12-23(33-28-18)27-22(29)9-15-5-7-16(8-6-15)32-24-17-10-20(30-3)21(31-4)11-19(17)25-13-26-24/h5-8,10-14H,9H2,1-4H3,(H,27,29). The van der Waals surface area contributed by atoms with Gasteiger partial charge in [-0.3, -0.25) is 10.1 Å². The highest BCUT2D eigenvalue weighted by molar-refractivity contribution is 5.91. The van der Waals surface area contributed by atoms with Crippen LogP contribution in [-0.2, 0) is 11.2 Å². The summed E-state index contributed by atoms with van der Waals surface area (Å²) in [7, 11) is 3.13. The molecule has 33 heavy (non-hydrogen) atoms. The van der Waals surface area contributed by atoms with Crippen molar-refractivity contribution in [2.24, 2.45) is 0 Å². The molecule has 0 aliphatic heterocycles. The third kappa shape index (κ3) is 5.03. The first-order valence-corrected chi connectivity index (χ1v) is 10.4. The summed E-state index contributed by atoms with van der Waals surface area (Å²) in [6.07, 6.45) is 1.61. The van der Waals surface area contributed by atoms with Crippen molar-refractivity contribution in [3.05, 3.63) is 60.0 Å². The smallest absolute Gasteiger partial charge is 0.231 e. The van der Waals surface area contributed by atoms with Gasteiger partial charge in [0.15, 0.2) is 11.5 Å². The molecule has 0 fully saturated rings. The molecule has 2 aromatic carbocycles. The summed E-state index contributed by atoms with van der Waals surface area (Å²) < 4.78 is 21.8. The number of nitrogens with zero attached hydrogens (tertiary/aromatic N) is 3. The van der Waals surface area contributed by atoms with Crippen LogP contribution in [0.3, 0.4) is 0 Å². The summed E-state index contributed by atoms with van der Waals surface area (Å²) in [6.45, 7) is 4.01.